The Morgan fingerprint density at radius 1 is 1.22 bits per heavy atom. The molecule has 1 amide bonds. The minimum atomic E-state index is -3.01. The topological polar surface area (TPSA) is 128 Å². The molecule has 0 spiro atoms. The molecule has 2 fully saturated rings. The number of rotatable bonds is 6. The molecule has 0 bridgehead atoms. The highest BCUT2D eigenvalue weighted by Crippen LogP contribution is 2.47. The van der Waals surface area contributed by atoms with Gasteiger partial charge in [-0.15, -0.1) is 0 Å². The van der Waals surface area contributed by atoms with E-state index < -0.39 is 58.1 Å². The van der Waals surface area contributed by atoms with E-state index in [9.17, 15) is 27.4 Å². The summed E-state index contributed by atoms with van der Waals surface area (Å²) in [5, 5.41) is 16.4. The molecular weight excluding hydrogens is 555 g/mol. The van der Waals surface area contributed by atoms with Gasteiger partial charge in [0, 0.05) is 76.4 Å². The second-order valence-corrected chi connectivity index (χ2v) is 13.1. The highest BCUT2D eigenvalue weighted by molar-refractivity contribution is 7.92. The maximum absolute atomic E-state index is 14.8. The number of anilines is 1. The Kier molecular flexibility index (Phi) is 7.78. The number of hydrogen-bond donors (Lipinski definition) is 2. The van der Waals surface area contributed by atoms with Crippen LogP contribution in [-0.2, 0) is 14.5 Å². The van der Waals surface area contributed by atoms with Crippen molar-refractivity contribution in [3.63, 3.8) is 0 Å². The average molecular weight is 586 g/mol. The molecule has 41 heavy (non-hydrogen) atoms. The number of carbonyl (C=O) groups is 1. The van der Waals surface area contributed by atoms with E-state index in [1.165, 1.54) is 23.7 Å². The van der Waals surface area contributed by atoms with Crippen LogP contribution in [0.5, 0.6) is 0 Å². The second kappa shape index (κ2) is 11.2. The normalized spacial score (nSPS) is 22.5. The lowest BCUT2D eigenvalue weighted by Crippen LogP contribution is -2.43. The fourth-order valence-corrected chi connectivity index (χ4v) is 6.67. The summed E-state index contributed by atoms with van der Waals surface area (Å²) in [6.07, 6.45) is 1.56. The summed E-state index contributed by atoms with van der Waals surface area (Å²) in [5.41, 5.74) is 2.38. The van der Waals surface area contributed by atoms with Crippen LogP contribution in [0.1, 0.15) is 37.8 Å². The van der Waals surface area contributed by atoms with Crippen molar-refractivity contribution in [2.24, 2.45) is 5.92 Å². The third kappa shape index (κ3) is 6.37. The molecule has 13 heteroatoms. The summed E-state index contributed by atoms with van der Waals surface area (Å²) >= 11 is 0. The van der Waals surface area contributed by atoms with Crippen molar-refractivity contribution in [2.75, 3.05) is 29.5 Å². The fourth-order valence-electron chi connectivity index (χ4n) is 5.43. The molecule has 0 radical (unpaired) electrons. The predicted octanol–water partition coefficient (Wildman–Crippen LogP) is 4.49. The molecule has 3 aromatic rings. The zero-order valence-electron chi connectivity index (χ0n) is 22.4. The van der Waals surface area contributed by atoms with Crippen LogP contribution in [0.2, 0.25) is 0 Å². The van der Waals surface area contributed by atoms with Gasteiger partial charge in [0.1, 0.15) is 11.9 Å². The van der Waals surface area contributed by atoms with Crippen LogP contribution in [0, 0.1) is 27.8 Å². The van der Waals surface area contributed by atoms with Gasteiger partial charge in [0.2, 0.25) is 11.8 Å². The summed E-state index contributed by atoms with van der Waals surface area (Å²) in [5.74, 6) is -4.94. The monoisotopic (exact) mass is 585 g/mol. The van der Waals surface area contributed by atoms with Gasteiger partial charge in [0.25, 0.3) is 0 Å². The number of nitrogens with zero attached hydrogens (tertiary/aromatic N) is 5. The molecule has 1 aliphatic heterocycles. The summed E-state index contributed by atoms with van der Waals surface area (Å²) in [4.78, 5) is 19.3. The lowest BCUT2D eigenvalue weighted by molar-refractivity contribution is -0.131. The van der Waals surface area contributed by atoms with Crippen molar-refractivity contribution in [3.05, 3.63) is 60.3 Å². The first-order valence-electron chi connectivity index (χ1n) is 13.3. The van der Waals surface area contributed by atoms with Crippen molar-refractivity contribution >= 4 is 21.3 Å². The molecule has 3 atom stereocenters. The first kappa shape index (κ1) is 28.6. The first-order chi connectivity index (χ1) is 19.4. The molecule has 2 aromatic heterocycles. The molecule has 1 aliphatic carbocycles. The van der Waals surface area contributed by atoms with Gasteiger partial charge in [-0.2, -0.15) is 10.4 Å². The molecule has 2 N–H and O–H groups in total. The van der Waals surface area contributed by atoms with Crippen molar-refractivity contribution in [2.45, 2.75) is 44.1 Å². The Morgan fingerprint density at radius 3 is 2.56 bits per heavy atom. The predicted molar refractivity (Wildman–Crippen MR) is 148 cm³/mol. The largest absolute Gasteiger partial charge is 0.370 e. The van der Waals surface area contributed by atoms with E-state index in [2.05, 4.69) is 15.4 Å². The van der Waals surface area contributed by atoms with E-state index in [1.807, 2.05) is 35.2 Å². The molecule has 216 valence electrons. The maximum atomic E-state index is 14.8. The lowest BCUT2D eigenvalue weighted by Gasteiger charge is -2.35. The van der Waals surface area contributed by atoms with Crippen molar-refractivity contribution < 1.29 is 22.2 Å². The van der Waals surface area contributed by atoms with Crippen molar-refractivity contribution in [1.82, 2.24) is 20.1 Å². The maximum Gasteiger partial charge on any atom is 0.248 e. The Morgan fingerprint density at radius 2 is 1.93 bits per heavy atom. The smallest absolute Gasteiger partial charge is 0.248 e. The van der Waals surface area contributed by atoms with Crippen LogP contribution in [0.4, 0.5) is 18.9 Å². The minimum absolute atomic E-state index is 0.0736. The third-order valence-corrected chi connectivity index (χ3v) is 9.36. The van der Waals surface area contributed by atoms with Gasteiger partial charge in [0.15, 0.2) is 5.82 Å². The van der Waals surface area contributed by atoms with Crippen molar-refractivity contribution in [3.8, 4) is 23.0 Å². The number of nitrogens with one attached hydrogen (secondary N) is 2. The SMILES string of the molecule is CC(C#N)NC(=O)[C@@H]1CCC(F)(F)C[C@H]1c1nn(-c2ccc(F)cn2)cc1-c1ccc(N2CCS(=N)(=O)CC2)cc1. The summed E-state index contributed by atoms with van der Waals surface area (Å²) < 4.78 is 64.5. The average Bonchev–Trinajstić information content (AvgIpc) is 3.38. The summed E-state index contributed by atoms with van der Waals surface area (Å²) in [6.45, 7) is 2.52. The molecule has 3 heterocycles. The third-order valence-electron chi connectivity index (χ3n) is 7.68. The Bertz CT molecular complexity index is 1550. The number of halogens is 3. The molecular formula is C28H30F3N7O2S. The summed E-state index contributed by atoms with van der Waals surface area (Å²) in [6, 6.07) is 11.2. The summed E-state index contributed by atoms with van der Waals surface area (Å²) in [7, 11) is -2.54. The molecule has 9 nitrogen and oxygen atoms in total. The Labute approximate surface area is 236 Å². The van der Waals surface area contributed by atoms with E-state index >= 15 is 0 Å². The molecule has 2 aliphatic rings. The van der Waals surface area contributed by atoms with E-state index in [4.69, 9.17) is 4.78 Å². The van der Waals surface area contributed by atoms with Gasteiger partial charge >= 0.3 is 0 Å². The number of nitriles is 1. The minimum Gasteiger partial charge on any atom is -0.370 e. The second-order valence-electron chi connectivity index (χ2n) is 10.6. The molecule has 5 rings (SSSR count). The number of hydrogen-bond acceptors (Lipinski definition) is 7. The van der Waals surface area contributed by atoms with Crippen LogP contribution in [0.3, 0.4) is 0 Å². The van der Waals surface area contributed by atoms with Crippen LogP contribution < -0.4 is 10.2 Å². The Balaban J connectivity index is 1.55. The van der Waals surface area contributed by atoms with Crippen molar-refractivity contribution in [1.29, 1.82) is 10.0 Å². The van der Waals surface area contributed by atoms with E-state index in [-0.39, 0.29) is 12.2 Å². The standard InChI is InChI=1S/C28H30F3N7O2S/c1-18(15-32)35-27(39)22-8-9-28(30,31)14-23(22)26-24(17-38(36-26)25-7-4-20(29)16-34-25)19-2-5-21(6-3-19)37-10-12-41(33,40)13-11-37/h2-7,16-18,22-23,33H,8-14H2,1H3,(H,35,39)/t18?,22-,23-/m1/s1. The van der Waals surface area contributed by atoms with Gasteiger partial charge in [-0.25, -0.2) is 27.0 Å². The van der Waals surface area contributed by atoms with Crippen LogP contribution in [0.25, 0.3) is 16.9 Å². The number of carbonyl (C=O) groups excluding carboxylic acids is 1. The van der Waals surface area contributed by atoms with E-state index in [1.54, 1.807) is 6.20 Å². The fraction of sp³-hybridized carbons (Fsp3) is 0.429. The van der Waals surface area contributed by atoms with Gasteiger partial charge in [-0.1, -0.05) is 12.1 Å². The highest BCUT2D eigenvalue weighted by Gasteiger charge is 2.46. The Hall–Kier alpha value is -3.92. The number of alkyl halides is 2. The van der Waals surface area contributed by atoms with Gasteiger partial charge in [0.05, 0.1) is 18.0 Å². The number of benzene rings is 1. The van der Waals surface area contributed by atoms with Gasteiger partial charge in [-0.3, -0.25) is 9.57 Å². The molecule has 1 aromatic carbocycles. The zero-order chi connectivity index (χ0) is 29.4. The molecule has 1 saturated carbocycles. The van der Waals surface area contributed by atoms with Crippen LogP contribution in [-0.4, -0.2) is 61.4 Å². The van der Waals surface area contributed by atoms with E-state index in [0.29, 0.717) is 41.4 Å². The number of aromatic nitrogens is 3. The number of amides is 1. The van der Waals surface area contributed by atoms with Gasteiger partial charge < -0.3 is 10.2 Å². The molecule has 1 unspecified atom stereocenters. The number of pyridine rings is 1. The lowest BCUT2D eigenvalue weighted by atomic mass is 9.74. The van der Waals surface area contributed by atoms with Crippen LogP contribution >= 0.6 is 0 Å². The van der Waals surface area contributed by atoms with Crippen LogP contribution in [0.15, 0.2) is 48.8 Å². The molecule has 1 saturated heterocycles. The highest BCUT2D eigenvalue weighted by atomic mass is 32.2. The quantitative estimate of drug-likeness (QED) is 0.439. The van der Waals surface area contributed by atoms with Gasteiger partial charge in [-0.05, 0) is 43.2 Å². The zero-order valence-corrected chi connectivity index (χ0v) is 23.2. The van der Waals surface area contributed by atoms with E-state index in [0.717, 1.165) is 11.9 Å². The first-order valence-corrected chi connectivity index (χ1v) is 15.2.